The Labute approximate surface area is 115 Å². The molecule has 1 nitrogen and oxygen atoms in total. The molecule has 1 aliphatic carbocycles. The standard InChI is InChI=1S/C18H21N/c1-14-7-9-16(10-8-14)18-13-17(11-12-19-18)15-5-3-2-4-6-15/h7-13,15H,2-6H2,1H3. The van der Waals surface area contributed by atoms with Crippen LogP contribution in [0.4, 0.5) is 0 Å². The molecule has 0 aliphatic heterocycles. The summed E-state index contributed by atoms with van der Waals surface area (Å²) in [6.45, 7) is 2.12. The smallest absolute Gasteiger partial charge is 0.0704 e. The Morgan fingerprint density at radius 2 is 1.68 bits per heavy atom. The summed E-state index contributed by atoms with van der Waals surface area (Å²) < 4.78 is 0. The van der Waals surface area contributed by atoms with Gasteiger partial charge in [0.15, 0.2) is 0 Å². The van der Waals surface area contributed by atoms with Gasteiger partial charge >= 0.3 is 0 Å². The molecular formula is C18H21N. The molecule has 0 amide bonds. The first-order valence-corrected chi connectivity index (χ1v) is 7.36. The van der Waals surface area contributed by atoms with E-state index in [4.69, 9.17) is 0 Å². The Balaban J connectivity index is 1.88. The largest absolute Gasteiger partial charge is 0.256 e. The highest BCUT2D eigenvalue weighted by Crippen LogP contribution is 2.33. The molecular weight excluding hydrogens is 230 g/mol. The monoisotopic (exact) mass is 251 g/mol. The first kappa shape index (κ1) is 12.4. The number of pyridine rings is 1. The number of hydrogen-bond acceptors (Lipinski definition) is 1. The second kappa shape index (κ2) is 5.56. The van der Waals surface area contributed by atoms with Gasteiger partial charge in [-0.3, -0.25) is 4.98 Å². The summed E-state index contributed by atoms with van der Waals surface area (Å²) in [6.07, 6.45) is 8.83. The highest BCUT2D eigenvalue weighted by molar-refractivity contribution is 5.60. The molecule has 3 rings (SSSR count). The third-order valence-corrected chi connectivity index (χ3v) is 4.21. The normalized spacial score (nSPS) is 16.5. The molecule has 0 spiro atoms. The van der Waals surface area contributed by atoms with Crippen LogP contribution in [0.5, 0.6) is 0 Å². The Morgan fingerprint density at radius 3 is 2.42 bits per heavy atom. The maximum atomic E-state index is 4.53. The van der Waals surface area contributed by atoms with Crippen LogP contribution in [0, 0.1) is 6.92 Å². The molecule has 2 aromatic rings. The fraction of sp³-hybridized carbons (Fsp3) is 0.389. The highest BCUT2D eigenvalue weighted by Gasteiger charge is 2.16. The van der Waals surface area contributed by atoms with E-state index in [2.05, 4.69) is 48.3 Å². The van der Waals surface area contributed by atoms with Crippen LogP contribution in [0.2, 0.25) is 0 Å². The van der Waals surface area contributed by atoms with Gasteiger partial charge < -0.3 is 0 Å². The number of benzene rings is 1. The Bertz CT molecular complexity index is 536. The predicted octanol–water partition coefficient (Wildman–Crippen LogP) is 5.10. The summed E-state index contributed by atoms with van der Waals surface area (Å²) in [6, 6.07) is 13.1. The molecule has 1 aromatic carbocycles. The lowest BCUT2D eigenvalue weighted by Gasteiger charge is -2.22. The van der Waals surface area contributed by atoms with E-state index >= 15 is 0 Å². The second-order valence-corrected chi connectivity index (χ2v) is 5.68. The van der Waals surface area contributed by atoms with Gasteiger partial charge in [-0.25, -0.2) is 0 Å². The van der Waals surface area contributed by atoms with Crippen molar-refractivity contribution in [1.29, 1.82) is 0 Å². The van der Waals surface area contributed by atoms with Gasteiger partial charge in [0.05, 0.1) is 5.69 Å². The SMILES string of the molecule is Cc1ccc(-c2cc(C3CCCCC3)ccn2)cc1. The minimum Gasteiger partial charge on any atom is -0.256 e. The van der Waals surface area contributed by atoms with Crippen LogP contribution in [0.1, 0.15) is 49.1 Å². The zero-order chi connectivity index (χ0) is 13.1. The van der Waals surface area contributed by atoms with Crippen molar-refractivity contribution in [3.05, 3.63) is 53.7 Å². The van der Waals surface area contributed by atoms with E-state index in [1.807, 2.05) is 6.20 Å². The lowest BCUT2D eigenvalue weighted by molar-refractivity contribution is 0.443. The van der Waals surface area contributed by atoms with Crippen molar-refractivity contribution in [2.24, 2.45) is 0 Å². The number of hydrogen-bond donors (Lipinski definition) is 0. The van der Waals surface area contributed by atoms with Gasteiger partial charge in [0.2, 0.25) is 0 Å². The van der Waals surface area contributed by atoms with Gasteiger partial charge in [-0.15, -0.1) is 0 Å². The van der Waals surface area contributed by atoms with Gasteiger partial charge in [-0.1, -0.05) is 49.1 Å². The van der Waals surface area contributed by atoms with Crippen LogP contribution >= 0.6 is 0 Å². The van der Waals surface area contributed by atoms with Crippen molar-refractivity contribution < 1.29 is 0 Å². The van der Waals surface area contributed by atoms with Crippen LogP contribution in [-0.4, -0.2) is 4.98 Å². The molecule has 1 fully saturated rings. The molecule has 0 unspecified atom stereocenters. The van der Waals surface area contributed by atoms with Gasteiger partial charge in [0, 0.05) is 11.8 Å². The van der Waals surface area contributed by atoms with E-state index in [9.17, 15) is 0 Å². The van der Waals surface area contributed by atoms with Gasteiger partial charge in [-0.2, -0.15) is 0 Å². The van der Waals surface area contributed by atoms with E-state index in [1.165, 1.54) is 48.8 Å². The molecule has 19 heavy (non-hydrogen) atoms. The molecule has 1 aliphatic rings. The van der Waals surface area contributed by atoms with E-state index < -0.39 is 0 Å². The zero-order valence-corrected chi connectivity index (χ0v) is 11.6. The summed E-state index contributed by atoms with van der Waals surface area (Å²) in [5.74, 6) is 0.751. The molecule has 1 aromatic heterocycles. The number of aryl methyl sites for hydroxylation is 1. The molecule has 1 saturated carbocycles. The topological polar surface area (TPSA) is 12.9 Å². The van der Waals surface area contributed by atoms with Crippen LogP contribution in [0.15, 0.2) is 42.6 Å². The third-order valence-electron chi connectivity index (χ3n) is 4.21. The maximum Gasteiger partial charge on any atom is 0.0704 e. The summed E-state index contributed by atoms with van der Waals surface area (Å²) in [4.78, 5) is 4.53. The van der Waals surface area contributed by atoms with E-state index in [1.54, 1.807) is 0 Å². The van der Waals surface area contributed by atoms with Crippen molar-refractivity contribution >= 4 is 0 Å². The van der Waals surface area contributed by atoms with E-state index in [0.29, 0.717) is 0 Å². The van der Waals surface area contributed by atoms with Gasteiger partial charge in [-0.05, 0) is 43.4 Å². The van der Waals surface area contributed by atoms with Crippen molar-refractivity contribution in [2.45, 2.75) is 44.9 Å². The summed E-state index contributed by atoms with van der Waals surface area (Å²) in [5.41, 5.74) is 5.11. The van der Waals surface area contributed by atoms with E-state index in [-0.39, 0.29) is 0 Å². The quantitative estimate of drug-likeness (QED) is 0.723. The molecule has 0 saturated heterocycles. The summed E-state index contributed by atoms with van der Waals surface area (Å²) >= 11 is 0. The van der Waals surface area contributed by atoms with Crippen molar-refractivity contribution in [3.8, 4) is 11.3 Å². The molecule has 0 bridgehead atoms. The number of rotatable bonds is 2. The average molecular weight is 251 g/mol. The summed E-state index contributed by atoms with van der Waals surface area (Å²) in [7, 11) is 0. The fourth-order valence-electron chi connectivity index (χ4n) is 3.02. The molecule has 0 N–H and O–H groups in total. The minimum atomic E-state index is 0.751. The lowest BCUT2D eigenvalue weighted by Crippen LogP contribution is -2.04. The van der Waals surface area contributed by atoms with E-state index in [0.717, 1.165) is 11.6 Å². The fourth-order valence-corrected chi connectivity index (χ4v) is 3.02. The highest BCUT2D eigenvalue weighted by atomic mass is 14.7. The van der Waals surface area contributed by atoms with Crippen LogP contribution < -0.4 is 0 Å². The van der Waals surface area contributed by atoms with Gasteiger partial charge in [0.25, 0.3) is 0 Å². The van der Waals surface area contributed by atoms with Crippen molar-refractivity contribution in [3.63, 3.8) is 0 Å². The first-order valence-electron chi connectivity index (χ1n) is 7.36. The first-order chi connectivity index (χ1) is 9.33. The number of nitrogens with zero attached hydrogens (tertiary/aromatic N) is 1. The van der Waals surface area contributed by atoms with Gasteiger partial charge in [0.1, 0.15) is 0 Å². The van der Waals surface area contributed by atoms with Crippen molar-refractivity contribution in [2.75, 3.05) is 0 Å². The van der Waals surface area contributed by atoms with Crippen LogP contribution in [0.3, 0.4) is 0 Å². The minimum absolute atomic E-state index is 0.751. The molecule has 0 radical (unpaired) electrons. The molecule has 1 heterocycles. The van der Waals surface area contributed by atoms with Crippen molar-refractivity contribution in [1.82, 2.24) is 4.98 Å². The molecule has 1 heteroatoms. The van der Waals surface area contributed by atoms with Crippen LogP contribution in [-0.2, 0) is 0 Å². The Hall–Kier alpha value is -1.63. The Morgan fingerprint density at radius 1 is 0.947 bits per heavy atom. The average Bonchev–Trinajstić information content (AvgIpc) is 2.49. The lowest BCUT2D eigenvalue weighted by atomic mass is 9.84. The molecule has 98 valence electrons. The zero-order valence-electron chi connectivity index (χ0n) is 11.6. The summed E-state index contributed by atoms with van der Waals surface area (Å²) in [5, 5.41) is 0. The number of aromatic nitrogens is 1. The molecule has 0 atom stereocenters. The Kier molecular flexibility index (Phi) is 3.63. The van der Waals surface area contributed by atoms with Crippen LogP contribution in [0.25, 0.3) is 11.3 Å². The maximum absolute atomic E-state index is 4.53. The second-order valence-electron chi connectivity index (χ2n) is 5.68. The predicted molar refractivity (Wildman–Crippen MR) is 80.2 cm³/mol. The third kappa shape index (κ3) is 2.86.